The van der Waals surface area contributed by atoms with E-state index in [9.17, 15) is 0 Å². The summed E-state index contributed by atoms with van der Waals surface area (Å²) in [6.07, 6.45) is 3.87. The van der Waals surface area contributed by atoms with Gasteiger partial charge in [0.25, 0.3) is 0 Å². The van der Waals surface area contributed by atoms with Crippen LogP contribution in [0.4, 0.5) is 0 Å². The molecule has 0 aromatic carbocycles. The van der Waals surface area contributed by atoms with Crippen molar-refractivity contribution in [2.75, 3.05) is 0 Å². The summed E-state index contributed by atoms with van der Waals surface area (Å²) in [5.41, 5.74) is 1.18. The van der Waals surface area contributed by atoms with Crippen LogP contribution in [0.1, 0.15) is 19.5 Å². The van der Waals surface area contributed by atoms with Gasteiger partial charge in [-0.1, -0.05) is 13.8 Å². The first kappa shape index (κ1) is 15.0. The van der Waals surface area contributed by atoms with Crippen LogP contribution in [0.3, 0.4) is 0 Å². The predicted octanol–water partition coefficient (Wildman–Crippen LogP) is 4.20. The van der Waals surface area contributed by atoms with Crippen molar-refractivity contribution in [2.24, 2.45) is 0 Å². The van der Waals surface area contributed by atoms with Gasteiger partial charge in [0, 0.05) is 30.4 Å². The molecule has 4 nitrogen and oxygen atoms in total. The van der Waals surface area contributed by atoms with Crippen LogP contribution in [0.25, 0.3) is 4.96 Å². The Morgan fingerprint density at radius 1 is 1.43 bits per heavy atom. The Labute approximate surface area is 140 Å². The molecule has 0 aliphatic heterocycles. The number of hydrogen-bond donors (Lipinski definition) is 1. The standard InChI is InChI=1S/C14H15BrN4S2/c1-9(2)17-8-11-13(18-14-19(11)6-7-20-14)21-12-10(15)4-3-5-16-12/h3-7,9,17H,8H2,1-2H3. The maximum absolute atomic E-state index is 4.73. The van der Waals surface area contributed by atoms with Crippen molar-refractivity contribution in [3.8, 4) is 0 Å². The van der Waals surface area contributed by atoms with Crippen LogP contribution in [-0.4, -0.2) is 20.4 Å². The van der Waals surface area contributed by atoms with Crippen molar-refractivity contribution in [2.45, 2.75) is 36.5 Å². The molecule has 0 atom stereocenters. The lowest BCUT2D eigenvalue weighted by molar-refractivity contribution is 0.574. The lowest BCUT2D eigenvalue weighted by Crippen LogP contribution is -2.22. The second kappa shape index (κ2) is 6.48. The van der Waals surface area contributed by atoms with E-state index in [0.717, 1.165) is 26.0 Å². The van der Waals surface area contributed by atoms with E-state index in [4.69, 9.17) is 4.98 Å². The number of imidazole rings is 1. The van der Waals surface area contributed by atoms with E-state index in [1.165, 1.54) is 5.69 Å². The molecular weight excluding hydrogens is 368 g/mol. The van der Waals surface area contributed by atoms with E-state index in [-0.39, 0.29) is 0 Å². The summed E-state index contributed by atoms with van der Waals surface area (Å²) >= 11 is 6.79. The lowest BCUT2D eigenvalue weighted by Gasteiger charge is -2.09. The SMILES string of the molecule is CC(C)NCc1c(Sc2ncccc2Br)nc2sccn12. The number of hydrogen-bond acceptors (Lipinski definition) is 5. The van der Waals surface area contributed by atoms with E-state index in [0.29, 0.717) is 6.04 Å². The normalized spacial score (nSPS) is 11.6. The number of nitrogens with one attached hydrogen (secondary N) is 1. The maximum Gasteiger partial charge on any atom is 0.194 e. The molecule has 0 radical (unpaired) electrons. The molecule has 7 heteroatoms. The van der Waals surface area contributed by atoms with Crippen molar-refractivity contribution >= 4 is 44.0 Å². The molecular formula is C14H15BrN4S2. The van der Waals surface area contributed by atoms with Gasteiger partial charge in [0.2, 0.25) is 0 Å². The van der Waals surface area contributed by atoms with Gasteiger partial charge in [0.1, 0.15) is 10.1 Å². The van der Waals surface area contributed by atoms with Gasteiger partial charge >= 0.3 is 0 Å². The minimum absolute atomic E-state index is 0.439. The van der Waals surface area contributed by atoms with Crippen LogP contribution < -0.4 is 5.32 Å². The Hall–Kier alpha value is -0.890. The molecule has 0 unspecified atom stereocenters. The van der Waals surface area contributed by atoms with Gasteiger partial charge in [-0.15, -0.1) is 11.3 Å². The summed E-state index contributed by atoms with van der Waals surface area (Å²) in [6, 6.07) is 4.36. The van der Waals surface area contributed by atoms with Crippen molar-refractivity contribution in [3.63, 3.8) is 0 Å². The molecule has 0 saturated heterocycles. The highest BCUT2D eigenvalue weighted by atomic mass is 79.9. The van der Waals surface area contributed by atoms with Gasteiger partial charge in [-0.05, 0) is 39.8 Å². The Kier molecular flexibility index (Phi) is 4.63. The van der Waals surface area contributed by atoms with Gasteiger partial charge in [0.15, 0.2) is 4.96 Å². The molecule has 0 aliphatic carbocycles. The highest BCUT2D eigenvalue weighted by molar-refractivity contribution is 9.10. The van der Waals surface area contributed by atoms with Crippen molar-refractivity contribution < 1.29 is 0 Å². The minimum atomic E-state index is 0.439. The maximum atomic E-state index is 4.73. The van der Waals surface area contributed by atoms with Crippen LogP contribution in [0, 0.1) is 0 Å². The van der Waals surface area contributed by atoms with Gasteiger partial charge in [-0.2, -0.15) is 0 Å². The predicted molar refractivity (Wildman–Crippen MR) is 91.1 cm³/mol. The number of aromatic nitrogens is 3. The van der Waals surface area contributed by atoms with Crippen molar-refractivity contribution in [3.05, 3.63) is 40.1 Å². The molecule has 0 bridgehead atoms. The number of fused-ring (bicyclic) bond motifs is 1. The number of pyridine rings is 1. The average molecular weight is 383 g/mol. The molecule has 0 spiro atoms. The Morgan fingerprint density at radius 3 is 3.05 bits per heavy atom. The molecule has 0 aliphatic rings. The van der Waals surface area contributed by atoms with Crippen LogP contribution >= 0.6 is 39.0 Å². The van der Waals surface area contributed by atoms with E-state index in [1.807, 2.05) is 12.1 Å². The van der Waals surface area contributed by atoms with Crippen LogP contribution in [0.15, 0.2) is 44.4 Å². The number of halogens is 1. The molecule has 21 heavy (non-hydrogen) atoms. The summed E-state index contributed by atoms with van der Waals surface area (Å²) in [6.45, 7) is 5.09. The molecule has 3 aromatic heterocycles. The zero-order valence-corrected chi connectivity index (χ0v) is 14.9. The fourth-order valence-electron chi connectivity index (χ4n) is 1.89. The number of nitrogens with zero attached hydrogens (tertiary/aromatic N) is 3. The second-order valence-electron chi connectivity index (χ2n) is 4.85. The van der Waals surface area contributed by atoms with Gasteiger partial charge in [0.05, 0.1) is 10.2 Å². The monoisotopic (exact) mass is 382 g/mol. The molecule has 3 rings (SSSR count). The zero-order valence-electron chi connectivity index (χ0n) is 11.7. The second-order valence-corrected chi connectivity index (χ2v) is 7.55. The van der Waals surface area contributed by atoms with E-state index >= 15 is 0 Å². The molecule has 3 heterocycles. The highest BCUT2D eigenvalue weighted by Gasteiger charge is 2.16. The third kappa shape index (κ3) is 3.31. The van der Waals surface area contributed by atoms with Crippen molar-refractivity contribution in [1.82, 2.24) is 19.7 Å². The molecule has 0 saturated carbocycles. The average Bonchev–Trinajstić information content (AvgIpc) is 3.00. The van der Waals surface area contributed by atoms with Crippen LogP contribution in [-0.2, 0) is 6.54 Å². The summed E-state index contributed by atoms with van der Waals surface area (Å²) in [4.78, 5) is 10.2. The fraction of sp³-hybridized carbons (Fsp3) is 0.286. The first-order valence-corrected chi connectivity index (χ1v) is 9.10. The number of thiazole rings is 1. The zero-order chi connectivity index (χ0) is 14.8. The molecule has 110 valence electrons. The lowest BCUT2D eigenvalue weighted by atomic mass is 10.3. The molecule has 0 amide bonds. The molecule has 1 N–H and O–H groups in total. The Morgan fingerprint density at radius 2 is 2.29 bits per heavy atom. The van der Waals surface area contributed by atoms with Gasteiger partial charge < -0.3 is 5.32 Å². The summed E-state index contributed by atoms with van der Waals surface area (Å²) in [5, 5.41) is 7.48. The first-order valence-electron chi connectivity index (χ1n) is 6.61. The first-order chi connectivity index (χ1) is 10.1. The minimum Gasteiger partial charge on any atom is -0.309 e. The summed E-state index contributed by atoms with van der Waals surface area (Å²) < 4.78 is 3.15. The largest absolute Gasteiger partial charge is 0.309 e. The molecule has 0 fully saturated rings. The summed E-state index contributed by atoms with van der Waals surface area (Å²) in [5.74, 6) is 0. The smallest absolute Gasteiger partial charge is 0.194 e. The third-order valence-corrected chi connectivity index (χ3v) is 5.62. The Bertz CT molecular complexity index is 750. The van der Waals surface area contributed by atoms with Crippen LogP contribution in [0.2, 0.25) is 0 Å². The van der Waals surface area contributed by atoms with Gasteiger partial charge in [-0.25, -0.2) is 9.97 Å². The third-order valence-electron chi connectivity index (χ3n) is 2.92. The number of rotatable bonds is 5. The summed E-state index contributed by atoms with van der Waals surface area (Å²) in [7, 11) is 0. The van der Waals surface area contributed by atoms with E-state index in [1.54, 1.807) is 29.3 Å². The topological polar surface area (TPSA) is 42.2 Å². The highest BCUT2D eigenvalue weighted by Crippen LogP contribution is 2.34. The quantitative estimate of drug-likeness (QED) is 0.717. The van der Waals surface area contributed by atoms with Crippen molar-refractivity contribution in [1.29, 1.82) is 0 Å². The Balaban J connectivity index is 1.95. The molecule has 3 aromatic rings. The van der Waals surface area contributed by atoms with Crippen LogP contribution in [0.5, 0.6) is 0 Å². The van der Waals surface area contributed by atoms with E-state index in [2.05, 4.69) is 56.1 Å². The fourth-order valence-corrected chi connectivity index (χ4v) is 4.07. The van der Waals surface area contributed by atoms with E-state index < -0.39 is 0 Å². The van der Waals surface area contributed by atoms with Gasteiger partial charge in [-0.3, -0.25) is 4.40 Å².